The van der Waals surface area contributed by atoms with Gasteiger partial charge in [0.2, 0.25) is 0 Å². The molecule has 17 heavy (non-hydrogen) atoms. The molecule has 0 aliphatic heterocycles. The SMILES string of the molecule is C[N+](C)(C)c1cc[c-]c(-c2ccccn2)c1.[Ir]. The van der Waals surface area contributed by atoms with Crippen molar-refractivity contribution in [3.63, 3.8) is 0 Å². The molecular weight excluding hydrogens is 388 g/mol. The third-order valence-electron chi connectivity index (χ3n) is 2.50. The van der Waals surface area contributed by atoms with Crippen molar-refractivity contribution in [1.29, 1.82) is 0 Å². The largest absolute Gasteiger partial charge is 0.314 e. The van der Waals surface area contributed by atoms with Gasteiger partial charge < -0.3 is 9.47 Å². The molecule has 0 fully saturated rings. The van der Waals surface area contributed by atoms with E-state index in [9.17, 15) is 0 Å². The van der Waals surface area contributed by atoms with Crippen molar-refractivity contribution in [3.05, 3.63) is 48.7 Å². The number of hydrogen-bond donors (Lipinski definition) is 0. The van der Waals surface area contributed by atoms with Gasteiger partial charge in [0.15, 0.2) is 0 Å². The Kier molecular flexibility index (Phi) is 4.58. The van der Waals surface area contributed by atoms with Crippen molar-refractivity contribution in [3.8, 4) is 11.3 Å². The van der Waals surface area contributed by atoms with Crippen LogP contribution in [-0.2, 0) is 20.1 Å². The van der Waals surface area contributed by atoms with Gasteiger partial charge in [-0.2, -0.15) is 0 Å². The fraction of sp³-hybridized carbons (Fsp3) is 0.214. The molecule has 1 aromatic carbocycles. The molecule has 0 saturated carbocycles. The van der Waals surface area contributed by atoms with Crippen molar-refractivity contribution in [2.45, 2.75) is 0 Å². The minimum atomic E-state index is 0. The number of rotatable bonds is 2. The van der Waals surface area contributed by atoms with Crippen LogP contribution >= 0.6 is 0 Å². The molecule has 2 rings (SSSR count). The van der Waals surface area contributed by atoms with Crippen LogP contribution in [0.2, 0.25) is 0 Å². The van der Waals surface area contributed by atoms with Gasteiger partial charge in [0.05, 0.1) is 26.8 Å². The van der Waals surface area contributed by atoms with E-state index >= 15 is 0 Å². The second-order valence-corrected chi connectivity index (χ2v) is 4.69. The zero-order valence-corrected chi connectivity index (χ0v) is 12.7. The quantitative estimate of drug-likeness (QED) is 0.554. The maximum Gasteiger partial charge on any atom is 0.0711 e. The predicted octanol–water partition coefficient (Wildman–Crippen LogP) is 2.74. The molecule has 2 aromatic rings. The summed E-state index contributed by atoms with van der Waals surface area (Å²) in [6.07, 6.45) is 1.81. The van der Waals surface area contributed by atoms with E-state index in [0.717, 1.165) is 15.7 Å². The fourth-order valence-electron chi connectivity index (χ4n) is 1.54. The molecule has 0 saturated heterocycles. The molecule has 0 aliphatic rings. The maximum absolute atomic E-state index is 4.33. The number of hydrogen-bond acceptors (Lipinski definition) is 1. The summed E-state index contributed by atoms with van der Waals surface area (Å²) in [5.41, 5.74) is 3.27. The molecular formula is C14H16IrN2. The number of aromatic nitrogens is 1. The van der Waals surface area contributed by atoms with Gasteiger partial charge in [-0.3, -0.25) is 0 Å². The topological polar surface area (TPSA) is 12.9 Å². The Hall–Kier alpha value is -1.02. The maximum atomic E-state index is 4.33. The van der Waals surface area contributed by atoms with Gasteiger partial charge >= 0.3 is 0 Å². The Balaban J connectivity index is 0.00000144. The molecule has 0 amide bonds. The molecule has 2 nitrogen and oxygen atoms in total. The van der Waals surface area contributed by atoms with Gasteiger partial charge in [0.1, 0.15) is 0 Å². The standard InChI is InChI=1S/C14H16N2.Ir/c1-16(2,3)13-8-6-7-12(11-13)14-9-4-5-10-15-14;/h4-6,8-11H,1-3H3;. The molecule has 3 heteroatoms. The fourth-order valence-corrected chi connectivity index (χ4v) is 1.54. The van der Waals surface area contributed by atoms with Crippen LogP contribution in [0.4, 0.5) is 5.69 Å². The molecule has 0 spiro atoms. The van der Waals surface area contributed by atoms with Crippen LogP contribution in [0, 0.1) is 6.07 Å². The van der Waals surface area contributed by atoms with Crippen molar-refractivity contribution in [1.82, 2.24) is 9.47 Å². The van der Waals surface area contributed by atoms with E-state index in [2.05, 4.69) is 44.3 Å². The van der Waals surface area contributed by atoms with Gasteiger partial charge in [0, 0.05) is 26.3 Å². The first kappa shape index (κ1) is 14.0. The first-order valence-electron chi connectivity index (χ1n) is 5.32. The summed E-state index contributed by atoms with van der Waals surface area (Å²) < 4.78 is 0.800. The van der Waals surface area contributed by atoms with Crippen molar-refractivity contribution in [2.75, 3.05) is 21.1 Å². The van der Waals surface area contributed by atoms with Gasteiger partial charge in [0.25, 0.3) is 0 Å². The third kappa shape index (κ3) is 3.47. The van der Waals surface area contributed by atoms with Gasteiger partial charge in [-0.15, -0.1) is 17.7 Å². The first-order valence-corrected chi connectivity index (χ1v) is 5.32. The Labute approximate surface area is 116 Å². The molecule has 0 bridgehead atoms. The number of nitrogens with zero attached hydrogens (tertiary/aromatic N) is 2. The van der Waals surface area contributed by atoms with Crippen LogP contribution in [0.5, 0.6) is 0 Å². The van der Waals surface area contributed by atoms with Crippen LogP contribution in [0.1, 0.15) is 0 Å². The summed E-state index contributed by atoms with van der Waals surface area (Å²) in [6, 6.07) is 15.3. The van der Waals surface area contributed by atoms with Gasteiger partial charge in [-0.05, 0) is 11.8 Å². The van der Waals surface area contributed by atoms with Crippen molar-refractivity contribution in [2.24, 2.45) is 0 Å². The van der Waals surface area contributed by atoms with E-state index in [4.69, 9.17) is 0 Å². The van der Waals surface area contributed by atoms with Crippen molar-refractivity contribution >= 4 is 5.69 Å². The zero-order valence-electron chi connectivity index (χ0n) is 10.3. The number of quaternary nitrogens is 1. The minimum absolute atomic E-state index is 0. The Morgan fingerprint density at radius 1 is 1.12 bits per heavy atom. The van der Waals surface area contributed by atoms with E-state index < -0.39 is 0 Å². The third-order valence-corrected chi connectivity index (χ3v) is 2.50. The van der Waals surface area contributed by atoms with Crippen LogP contribution in [0.25, 0.3) is 11.3 Å². The smallest absolute Gasteiger partial charge is 0.0711 e. The average Bonchev–Trinajstić information content (AvgIpc) is 2.29. The van der Waals surface area contributed by atoms with E-state index in [1.54, 1.807) is 0 Å². The summed E-state index contributed by atoms with van der Waals surface area (Å²) in [5.74, 6) is 0. The molecule has 0 aliphatic carbocycles. The second-order valence-electron chi connectivity index (χ2n) is 4.69. The minimum Gasteiger partial charge on any atom is -0.314 e. The molecule has 1 radical (unpaired) electrons. The first-order chi connectivity index (χ1) is 7.57. The summed E-state index contributed by atoms with van der Waals surface area (Å²) in [5, 5.41) is 0. The van der Waals surface area contributed by atoms with Crippen LogP contribution in [0.15, 0.2) is 42.6 Å². The number of benzene rings is 1. The van der Waals surface area contributed by atoms with E-state index in [1.807, 2.05) is 30.5 Å². The van der Waals surface area contributed by atoms with Crippen LogP contribution in [0.3, 0.4) is 0 Å². The van der Waals surface area contributed by atoms with Gasteiger partial charge in [-0.1, -0.05) is 24.3 Å². The predicted molar refractivity (Wildman–Crippen MR) is 68.1 cm³/mol. The second kappa shape index (κ2) is 5.54. The molecule has 91 valence electrons. The Morgan fingerprint density at radius 3 is 2.47 bits per heavy atom. The van der Waals surface area contributed by atoms with Gasteiger partial charge in [-0.25, -0.2) is 0 Å². The normalized spacial score (nSPS) is 10.8. The summed E-state index contributed by atoms with van der Waals surface area (Å²) in [4.78, 5) is 4.33. The summed E-state index contributed by atoms with van der Waals surface area (Å²) >= 11 is 0. The average molecular weight is 405 g/mol. The van der Waals surface area contributed by atoms with Crippen LogP contribution in [-0.4, -0.2) is 26.1 Å². The van der Waals surface area contributed by atoms with Crippen LogP contribution < -0.4 is 4.48 Å². The zero-order chi connectivity index (χ0) is 11.6. The summed E-state index contributed by atoms with van der Waals surface area (Å²) in [6.45, 7) is 0. The molecule has 0 atom stereocenters. The molecule has 0 N–H and O–H groups in total. The molecule has 1 heterocycles. The van der Waals surface area contributed by atoms with E-state index in [0.29, 0.717) is 0 Å². The molecule has 0 unspecified atom stereocenters. The monoisotopic (exact) mass is 405 g/mol. The summed E-state index contributed by atoms with van der Waals surface area (Å²) in [7, 11) is 6.45. The molecule has 1 aromatic heterocycles. The van der Waals surface area contributed by atoms with E-state index in [-0.39, 0.29) is 20.1 Å². The Morgan fingerprint density at radius 2 is 1.88 bits per heavy atom. The van der Waals surface area contributed by atoms with Crippen molar-refractivity contribution < 1.29 is 20.1 Å². The Bertz CT molecular complexity index is 475. The van der Waals surface area contributed by atoms with E-state index in [1.165, 1.54) is 5.69 Å². The number of pyridine rings is 1.